The van der Waals surface area contributed by atoms with Gasteiger partial charge in [0.15, 0.2) is 11.5 Å². The number of hydrazone groups is 1. The summed E-state index contributed by atoms with van der Waals surface area (Å²) in [7, 11) is 1.49. The van der Waals surface area contributed by atoms with Crippen molar-refractivity contribution >= 4 is 29.0 Å². The number of hydrogen-bond donors (Lipinski definition) is 2. The zero-order valence-electron chi connectivity index (χ0n) is 23.6. The van der Waals surface area contributed by atoms with Crippen LogP contribution < -0.4 is 19.6 Å². The number of amides is 1. The third kappa shape index (κ3) is 6.41. The molecule has 1 heterocycles. The second-order valence-corrected chi connectivity index (χ2v) is 9.43. The Labute approximate surface area is 250 Å². The number of hydrogen-bond acceptors (Lipinski definition) is 6. The third-order valence-corrected chi connectivity index (χ3v) is 6.58. The molecular formula is C33H26F3N3O5. The van der Waals surface area contributed by atoms with E-state index in [4.69, 9.17) is 14.2 Å². The minimum absolute atomic E-state index is 0.0742. The summed E-state index contributed by atoms with van der Waals surface area (Å²) < 4.78 is 57.6. The fraction of sp³-hybridized carbons (Fsp3) is 0.121. The molecule has 1 aromatic heterocycles. The number of alkyl halides is 3. The molecular weight excluding hydrogens is 575 g/mol. The number of esters is 1. The van der Waals surface area contributed by atoms with Gasteiger partial charge in [-0.2, -0.15) is 18.3 Å². The van der Waals surface area contributed by atoms with Crippen molar-refractivity contribution in [2.45, 2.75) is 13.1 Å². The number of carbonyl (C=O) groups excluding carboxylic acids is 2. The lowest BCUT2D eigenvalue weighted by Gasteiger charge is -2.11. The molecule has 44 heavy (non-hydrogen) atoms. The molecule has 0 saturated carbocycles. The predicted molar refractivity (Wildman–Crippen MR) is 159 cm³/mol. The number of H-pyrrole nitrogens is 1. The standard InChI is InChI=1S/C33H26F3N3O5/c1-3-43-27-17-20(15-16-26(27)44-32(41)22-11-7-12-23(18-22)42-2)19-37-39-31(40)30-28(21-9-5-4-6-10-21)24-13-8-14-25(29(24)38-30)33(34,35)36/h4-19,38H,3H2,1-2H3,(H,39,40). The number of benzene rings is 4. The van der Waals surface area contributed by atoms with Crippen LogP contribution in [0.2, 0.25) is 0 Å². The van der Waals surface area contributed by atoms with Crippen LogP contribution in [-0.2, 0) is 6.18 Å². The van der Waals surface area contributed by atoms with Crippen molar-refractivity contribution in [2.75, 3.05) is 13.7 Å². The number of methoxy groups -OCH3 is 1. The molecule has 11 heteroatoms. The zero-order chi connectivity index (χ0) is 31.3. The molecule has 0 bridgehead atoms. The summed E-state index contributed by atoms with van der Waals surface area (Å²) in [5.74, 6) is -0.409. The van der Waals surface area contributed by atoms with Crippen LogP contribution in [0, 0.1) is 0 Å². The van der Waals surface area contributed by atoms with Crippen molar-refractivity contribution in [3.8, 4) is 28.4 Å². The van der Waals surface area contributed by atoms with Gasteiger partial charge in [0.05, 0.1) is 36.6 Å². The first kappa shape index (κ1) is 29.9. The Balaban J connectivity index is 1.40. The predicted octanol–water partition coefficient (Wildman–Crippen LogP) is 7.24. The van der Waals surface area contributed by atoms with Crippen molar-refractivity contribution in [1.82, 2.24) is 10.4 Å². The van der Waals surface area contributed by atoms with Crippen LogP contribution in [0.4, 0.5) is 13.2 Å². The zero-order valence-corrected chi connectivity index (χ0v) is 23.6. The summed E-state index contributed by atoms with van der Waals surface area (Å²) in [6.45, 7) is 2.05. The molecule has 0 radical (unpaired) electrons. The van der Waals surface area contributed by atoms with Crippen LogP contribution >= 0.6 is 0 Å². The number of aromatic nitrogens is 1. The highest BCUT2D eigenvalue weighted by atomic mass is 19.4. The molecule has 224 valence electrons. The number of para-hydroxylation sites is 1. The monoisotopic (exact) mass is 601 g/mol. The molecule has 0 fully saturated rings. The number of rotatable bonds is 9. The summed E-state index contributed by atoms with van der Waals surface area (Å²) in [4.78, 5) is 28.6. The van der Waals surface area contributed by atoms with E-state index >= 15 is 0 Å². The average Bonchev–Trinajstić information content (AvgIpc) is 3.42. The van der Waals surface area contributed by atoms with E-state index in [1.807, 2.05) is 0 Å². The van der Waals surface area contributed by atoms with Crippen LogP contribution in [0.1, 0.15) is 38.9 Å². The highest BCUT2D eigenvalue weighted by Gasteiger charge is 2.34. The fourth-order valence-electron chi connectivity index (χ4n) is 4.62. The van der Waals surface area contributed by atoms with Gasteiger partial charge in [0.2, 0.25) is 0 Å². The maximum Gasteiger partial charge on any atom is 0.418 e. The molecule has 0 atom stereocenters. The molecule has 4 aromatic carbocycles. The van der Waals surface area contributed by atoms with Gasteiger partial charge < -0.3 is 19.2 Å². The lowest BCUT2D eigenvalue weighted by molar-refractivity contribution is -0.136. The van der Waals surface area contributed by atoms with Gasteiger partial charge in [-0.3, -0.25) is 4.79 Å². The Morgan fingerprint density at radius 2 is 1.70 bits per heavy atom. The van der Waals surface area contributed by atoms with Gasteiger partial charge in [0.1, 0.15) is 11.4 Å². The van der Waals surface area contributed by atoms with Gasteiger partial charge in [-0.25, -0.2) is 10.2 Å². The maximum atomic E-state index is 13.8. The quantitative estimate of drug-likeness (QED) is 0.0803. The second-order valence-electron chi connectivity index (χ2n) is 9.43. The highest BCUT2D eigenvalue weighted by Crippen LogP contribution is 2.39. The molecule has 0 aliphatic heterocycles. The summed E-state index contributed by atoms with van der Waals surface area (Å²) >= 11 is 0. The van der Waals surface area contributed by atoms with Gasteiger partial charge in [-0.05, 0) is 60.5 Å². The lowest BCUT2D eigenvalue weighted by Crippen LogP contribution is -2.19. The molecule has 0 aliphatic rings. The number of carbonyl (C=O) groups is 2. The summed E-state index contributed by atoms with van der Waals surface area (Å²) in [6.07, 6.45) is -3.29. The molecule has 1 amide bonds. The first-order chi connectivity index (χ1) is 21.2. The Hall–Kier alpha value is -5.58. The number of aromatic amines is 1. The van der Waals surface area contributed by atoms with Crippen molar-refractivity contribution in [2.24, 2.45) is 5.10 Å². The SMILES string of the molecule is CCOc1cc(C=NNC(=O)c2[nH]c3c(C(F)(F)F)cccc3c2-c2ccccc2)ccc1OC(=O)c1cccc(OC)c1. The third-order valence-electron chi connectivity index (χ3n) is 6.58. The molecule has 2 N–H and O–H groups in total. The minimum Gasteiger partial charge on any atom is -0.497 e. The van der Waals surface area contributed by atoms with Gasteiger partial charge in [0, 0.05) is 10.9 Å². The summed E-state index contributed by atoms with van der Waals surface area (Å²) in [6, 6.07) is 23.6. The van der Waals surface area contributed by atoms with Crippen LogP contribution in [0.15, 0.2) is 96.1 Å². The van der Waals surface area contributed by atoms with Crippen molar-refractivity contribution in [1.29, 1.82) is 0 Å². The molecule has 0 saturated heterocycles. The number of nitrogens with one attached hydrogen (secondary N) is 2. The topological polar surface area (TPSA) is 102 Å². The number of nitrogens with zero attached hydrogens (tertiary/aromatic N) is 1. The van der Waals surface area contributed by atoms with E-state index in [0.29, 0.717) is 22.4 Å². The number of halogens is 3. The van der Waals surface area contributed by atoms with E-state index in [-0.39, 0.29) is 40.3 Å². The van der Waals surface area contributed by atoms with Crippen molar-refractivity contribution in [3.05, 3.63) is 113 Å². The fourth-order valence-corrected chi connectivity index (χ4v) is 4.62. The summed E-state index contributed by atoms with van der Waals surface area (Å²) in [5.41, 5.74) is 2.89. The highest BCUT2D eigenvalue weighted by molar-refractivity contribution is 6.10. The molecule has 5 rings (SSSR count). The number of ether oxygens (including phenoxy) is 3. The number of fused-ring (bicyclic) bond motifs is 1. The molecule has 8 nitrogen and oxygen atoms in total. The van der Waals surface area contributed by atoms with Crippen LogP contribution in [0.25, 0.3) is 22.0 Å². The Kier molecular flexibility index (Phi) is 8.66. The van der Waals surface area contributed by atoms with Gasteiger partial charge >= 0.3 is 12.1 Å². The average molecular weight is 602 g/mol. The Bertz CT molecular complexity index is 1850. The smallest absolute Gasteiger partial charge is 0.418 e. The second kappa shape index (κ2) is 12.7. The van der Waals surface area contributed by atoms with Gasteiger partial charge in [-0.1, -0.05) is 48.5 Å². The molecule has 0 aliphatic carbocycles. The van der Waals surface area contributed by atoms with Crippen LogP contribution in [0.3, 0.4) is 0 Å². The minimum atomic E-state index is -4.63. The van der Waals surface area contributed by atoms with Crippen molar-refractivity contribution in [3.63, 3.8) is 0 Å². The first-order valence-electron chi connectivity index (χ1n) is 13.4. The van der Waals surface area contributed by atoms with Crippen LogP contribution in [0.5, 0.6) is 17.2 Å². The largest absolute Gasteiger partial charge is 0.497 e. The van der Waals surface area contributed by atoms with E-state index in [1.54, 1.807) is 73.7 Å². The normalized spacial score (nSPS) is 11.5. The van der Waals surface area contributed by atoms with E-state index in [9.17, 15) is 22.8 Å². The van der Waals surface area contributed by atoms with E-state index in [1.165, 1.54) is 31.5 Å². The van der Waals surface area contributed by atoms with E-state index in [2.05, 4.69) is 15.5 Å². The van der Waals surface area contributed by atoms with Crippen LogP contribution in [-0.4, -0.2) is 36.8 Å². The van der Waals surface area contributed by atoms with Gasteiger partial charge in [0.25, 0.3) is 5.91 Å². The first-order valence-corrected chi connectivity index (χ1v) is 13.4. The summed E-state index contributed by atoms with van der Waals surface area (Å²) in [5, 5.41) is 4.26. The lowest BCUT2D eigenvalue weighted by atomic mass is 10.0. The maximum absolute atomic E-state index is 13.8. The molecule has 0 unspecified atom stereocenters. The Morgan fingerprint density at radius 1 is 0.932 bits per heavy atom. The van der Waals surface area contributed by atoms with E-state index in [0.717, 1.165) is 6.07 Å². The molecule has 0 spiro atoms. The van der Waals surface area contributed by atoms with E-state index < -0.39 is 23.6 Å². The Morgan fingerprint density at radius 3 is 2.43 bits per heavy atom. The van der Waals surface area contributed by atoms with Crippen molar-refractivity contribution < 1.29 is 37.0 Å². The van der Waals surface area contributed by atoms with Gasteiger partial charge in [-0.15, -0.1) is 0 Å². The molecule has 5 aromatic rings.